The smallest absolute Gasteiger partial charge is 0.159 e. The lowest BCUT2D eigenvalue weighted by Gasteiger charge is -2.62. The summed E-state index contributed by atoms with van der Waals surface area (Å²) in [4.78, 5) is 13.3. The van der Waals surface area contributed by atoms with Gasteiger partial charge in [-0.3, -0.25) is 4.79 Å². The maximum atomic E-state index is 13.3. The van der Waals surface area contributed by atoms with Crippen molar-refractivity contribution in [1.29, 1.82) is 0 Å². The van der Waals surface area contributed by atoms with E-state index in [1.54, 1.807) is 20.8 Å². The molecule has 35 heavy (non-hydrogen) atoms. The molecule has 0 unspecified atom stereocenters. The van der Waals surface area contributed by atoms with Crippen molar-refractivity contribution in [2.45, 2.75) is 121 Å². The normalized spacial score (nSPS) is 48.3. The zero-order valence-corrected chi connectivity index (χ0v) is 21.6. The third-order valence-corrected chi connectivity index (χ3v) is 10.5. The van der Waals surface area contributed by atoms with Gasteiger partial charge < -0.3 is 35.7 Å². The topological polar surface area (TPSA) is 159 Å². The summed E-state index contributed by atoms with van der Waals surface area (Å²) in [5.41, 5.74) is -5.42. The Morgan fingerprint density at radius 3 is 2.29 bits per heavy atom. The Morgan fingerprint density at radius 2 is 1.69 bits per heavy atom. The van der Waals surface area contributed by atoms with Crippen molar-refractivity contribution in [3.8, 4) is 0 Å². The predicted molar refractivity (Wildman–Crippen MR) is 128 cm³/mol. The number of allylic oxidation sites excluding steroid dienone is 1. The average Bonchev–Trinajstić information content (AvgIpc) is 2.99. The van der Waals surface area contributed by atoms with Crippen LogP contribution in [0.1, 0.15) is 79.6 Å². The molecule has 0 aromatic heterocycles. The molecular weight excluding hydrogens is 452 g/mol. The molecule has 0 aliphatic heterocycles. The van der Waals surface area contributed by atoms with Gasteiger partial charge in [0.1, 0.15) is 0 Å². The molecule has 0 saturated heterocycles. The van der Waals surface area contributed by atoms with Crippen LogP contribution in [0.5, 0.6) is 0 Å². The Hall–Kier alpha value is -0.870. The number of hydrogen-bond donors (Lipinski definition) is 7. The molecule has 0 spiro atoms. The molecule has 7 N–H and O–H groups in total. The van der Waals surface area contributed by atoms with Gasteiger partial charge >= 0.3 is 0 Å². The first kappa shape index (κ1) is 27.2. The molecule has 4 aliphatic rings. The van der Waals surface area contributed by atoms with Gasteiger partial charge in [-0.05, 0) is 88.7 Å². The molecule has 4 aliphatic carbocycles. The van der Waals surface area contributed by atoms with Gasteiger partial charge in [-0.25, -0.2) is 0 Å². The van der Waals surface area contributed by atoms with E-state index >= 15 is 0 Å². The maximum absolute atomic E-state index is 13.3. The van der Waals surface area contributed by atoms with Gasteiger partial charge in [0.15, 0.2) is 5.78 Å². The number of fused-ring (bicyclic) bond motifs is 5. The zero-order chi connectivity index (χ0) is 26.4. The van der Waals surface area contributed by atoms with Gasteiger partial charge in [0.25, 0.3) is 0 Å². The van der Waals surface area contributed by atoms with Crippen LogP contribution in [0.3, 0.4) is 0 Å². The van der Waals surface area contributed by atoms with Crippen LogP contribution >= 0.6 is 0 Å². The molecule has 8 heteroatoms. The fourth-order valence-corrected chi connectivity index (χ4v) is 8.44. The van der Waals surface area contributed by atoms with E-state index < -0.39 is 69.8 Å². The summed E-state index contributed by atoms with van der Waals surface area (Å²) in [5, 5.41) is 77.0. The number of carbonyl (C=O) groups is 1. The SMILES string of the molecule is CC(C)(O)CC[C@@H](O)[C@](C)(O)[C@@H]1CC[C@@]2(O)C3=CC(=O)[C@@H]4C[C@@H](O)[C@@H](O)C[C@]4(C)[C@@H]3[C@H](O)C[C@]12C. The lowest BCUT2D eigenvalue weighted by Crippen LogP contribution is -2.66. The van der Waals surface area contributed by atoms with Gasteiger partial charge in [0.2, 0.25) is 0 Å². The van der Waals surface area contributed by atoms with E-state index in [1.165, 1.54) is 6.08 Å². The largest absolute Gasteiger partial charge is 0.392 e. The molecule has 3 saturated carbocycles. The van der Waals surface area contributed by atoms with Crippen LogP contribution in [0.15, 0.2) is 11.6 Å². The van der Waals surface area contributed by atoms with Gasteiger partial charge in [-0.2, -0.15) is 0 Å². The highest BCUT2D eigenvalue weighted by Crippen LogP contribution is 2.68. The van der Waals surface area contributed by atoms with E-state index in [9.17, 15) is 40.5 Å². The molecule has 0 aromatic carbocycles. The van der Waals surface area contributed by atoms with E-state index in [-0.39, 0.29) is 44.3 Å². The summed E-state index contributed by atoms with van der Waals surface area (Å²) >= 11 is 0. The summed E-state index contributed by atoms with van der Waals surface area (Å²) < 4.78 is 0. The summed E-state index contributed by atoms with van der Waals surface area (Å²) in [6, 6.07) is 0. The van der Waals surface area contributed by atoms with Gasteiger partial charge in [0, 0.05) is 17.3 Å². The Kier molecular flexibility index (Phi) is 6.46. The van der Waals surface area contributed by atoms with Crippen LogP contribution in [0.25, 0.3) is 0 Å². The molecule has 200 valence electrons. The minimum atomic E-state index is -1.59. The number of rotatable bonds is 5. The molecule has 11 atom stereocenters. The van der Waals surface area contributed by atoms with Gasteiger partial charge in [-0.1, -0.05) is 13.8 Å². The molecule has 4 rings (SSSR count). The van der Waals surface area contributed by atoms with Crippen molar-refractivity contribution in [2.24, 2.45) is 28.6 Å². The van der Waals surface area contributed by atoms with Crippen LogP contribution in [0, 0.1) is 28.6 Å². The molecule has 8 nitrogen and oxygen atoms in total. The molecule has 0 radical (unpaired) electrons. The van der Waals surface area contributed by atoms with Crippen LogP contribution < -0.4 is 0 Å². The summed E-state index contributed by atoms with van der Waals surface area (Å²) in [5.74, 6) is -1.89. The van der Waals surface area contributed by atoms with Crippen LogP contribution in [-0.2, 0) is 4.79 Å². The zero-order valence-electron chi connectivity index (χ0n) is 21.6. The lowest BCUT2D eigenvalue weighted by molar-refractivity contribution is -0.197. The third kappa shape index (κ3) is 3.95. The highest BCUT2D eigenvalue weighted by Gasteiger charge is 2.71. The lowest BCUT2D eigenvalue weighted by atomic mass is 9.45. The van der Waals surface area contributed by atoms with E-state index in [2.05, 4.69) is 0 Å². The molecular formula is C27H44O8. The summed E-state index contributed by atoms with van der Waals surface area (Å²) in [7, 11) is 0. The maximum Gasteiger partial charge on any atom is 0.159 e. The van der Waals surface area contributed by atoms with Gasteiger partial charge in [-0.15, -0.1) is 0 Å². The Bertz CT molecular complexity index is 892. The molecule has 0 aromatic rings. The molecule has 0 amide bonds. The van der Waals surface area contributed by atoms with Crippen molar-refractivity contribution >= 4 is 5.78 Å². The molecule has 0 bridgehead atoms. The summed E-state index contributed by atoms with van der Waals surface area (Å²) in [6.45, 7) is 8.52. The second-order valence-corrected chi connectivity index (χ2v) is 13.3. The predicted octanol–water partition coefficient (Wildman–Crippen LogP) is 0.825. The minimum absolute atomic E-state index is 0.115. The molecule has 0 heterocycles. The summed E-state index contributed by atoms with van der Waals surface area (Å²) in [6.07, 6.45) is -1.08. The van der Waals surface area contributed by atoms with E-state index in [0.717, 1.165) is 0 Å². The Balaban J connectivity index is 1.71. The van der Waals surface area contributed by atoms with E-state index in [0.29, 0.717) is 12.0 Å². The van der Waals surface area contributed by atoms with E-state index in [4.69, 9.17) is 0 Å². The van der Waals surface area contributed by atoms with Crippen LogP contribution in [-0.4, -0.2) is 82.7 Å². The second kappa shape index (κ2) is 8.32. The quantitative estimate of drug-likeness (QED) is 0.295. The van der Waals surface area contributed by atoms with Crippen molar-refractivity contribution in [2.75, 3.05) is 0 Å². The monoisotopic (exact) mass is 496 g/mol. The van der Waals surface area contributed by atoms with Crippen molar-refractivity contribution in [3.05, 3.63) is 11.6 Å². The van der Waals surface area contributed by atoms with Crippen molar-refractivity contribution in [3.63, 3.8) is 0 Å². The Labute approximate surface area is 207 Å². The van der Waals surface area contributed by atoms with Crippen molar-refractivity contribution in [1.82, 2.24) is 0 Å². The first-order chi connectivity index (χ1) is 15.9. The third-order valence-electron chi connectivity index (χ3n) is 10.5. The highest BCUT2D eigenvalue weighted by molar-refractivity contribution is 5.95. The number of carbonyl (C=O) groups excluding carboxylic acids is 1. The van der Waals surface area contributed by atoms with Gasteiger partial charge in [0.05, 0.1) is 41.2 Å². The first-order valence-electron chi connectivity index (χ1n) is 13.0. The number of hydrogen-bond acceptors (Lipinski definition) is 8. The van der Waals surface area contributed by atoms with Crippen LogP contribution in [0.4, 0.5) is 0 Å². The molecule has 3 fully saturated rings. The first-order valence-corrected chi connectivity index (χ1v) is 13.0. The second-order valence-electron chi connectivity index (χ2n) is 13.3. The average molecular weight is 497 g/mol. The standard InChI is InChI=1S/C27H44O8/c1-23(2,33)8-7-21(32)26(5,34)20-6-9-27(35)15-11-16(28)14-10-17(29)18(30)12-24(14,3)22(15)19(31)13-25(20,27)4/h11,14,17-22,29-35H,6-10,12-13H2,1-5H3/t14-,17+,18-,19+,20+,21+,22-,24-,25+,26+,27+/m0/s1. The van der Waals surface area contributed by atoms with Crippen molar-refractivity contribution < 1.29 is 40.5 Å². The fourth-order valence-electron chi connectivity index (χ4n) is 8.44. The van der Waals surface area contributed by atoms with E-state index in [1.807, 2.05) is 13.8 Å². The highest BCUT2D eigenvalue weighted by atomic mass is 16.3. The minimum Gasteiger partial charge on any atom is -0.392 e. The van der Waals surface area contributed by atoms with Crippen LogP contribution in [0.2, 0.25) is 0 Å². The Morgan fingerprint density at radius 1 is 1.06 bits per heavy atom. The fraction of sp³-hybridized carbons (Fsp3) is 0.889. The number of aliphatic hydroxyl groups is 7. The number of ketones is 1. The number of aliphatic hydroxyl groups excluding tert-OH is 4.